The number of fused-ring (bicyclic) bond motifs is 1. The molecule has 0 aliphatic rings. The Balaban J connectivity index is 1.63. The lowest BCUT2D eigenvalue weighted by Crippen LogP contribution is -2.14. The van der Waals surface area contributed by atoms with Crippen molar-refractivity contribution in [3.8, 4) is 17.0 Å². The molecular formula is C23H17F3N2O2. The first kappa shape index (κ1) is 19.6. The van der Waals surface area contributed by atoms with E-state index >= 15 is 0 Å². The van der Waals surface area contributed by atoms with Crippen molar-refractivity contribution in [2.24, 2.45) is 0 Å². The van der Waals surface area contributed by atoms with Gasteiger partial charge in [-0.25, -0.2) is 13.2 Å². The van der Waals surface area contributed by atoms with Crippen LogP contribution in [0.25, 0.3) is 16.8 Å². The van der Waals surface area contributed by atoms with Gasteiger partial charge in [0.25, 0.3) is 5.91 Å². The standard InChI is InChI=1S/C23H17F3N2O2/c1-13-9-16-7-8-17(30-2)12-28(16)22(13)14-3-5-15(6-4-14)27-23(29)18-10-20(25)21(26)11-19(18)24/h3-12H,1-2H3,(H,27,29). The number of carbonyl (C=O) groups excluding carboxylic acids is 1. The predicted molar refractivity (Wildman–Crippen MR) is 108 cm³/mol. The van der Waals surface area contributed by atoms with Gasteiger partial charge in [-0.3, -0.25) is 4.79 Å². The number of rotatable bonds is 4. The predicted octanol–water partition coefficient (Wildman–Crippen LogP) is 5.59. The largest absolute Gasteiger partial charge is 0.495 e. The number of aromatic nitrogens is 1. The molecule has 2 aromatic heterocycles. The maximum atomic E-state index is 13.8. The third-order valence-corrected chi connectivity index (χ3v) is 4.84. The number of anilines is 1. The van der Waals surface area contributed by atoms with Crippen molar-refractivity contribution in [2.75, 3.05) is 12.4 Å². The Kier molecular flexibility index (Phi) is 4.95. The van der Waals surface area contributed by atoms with Crippen LogP contribution in [0.1, 0.15) is 15.9 Å². The highest BCUT2D eigenvalue weighted by atomic mass is 19.2. The minimum atomic E-state index is -1.35. The Bertz CT molecular complexity index is 1260. The van der Waals surface area contributed by atoms with Crippen molar-refractivity contribution in [3.63, 3.8) is 0 Å². The van der Waals surface area contributed by atoms with Crippen molar-refractivity contribution < 1.29 is 22.7 Å². The molecule has 0 saturated heterocycles. The molecule has 0 bridgehead atoms. The Morgan fingerprint density at radius 2 is 1.63 bits per heavy atom. The number of benzene rings is 2. The Morgan fingerprint density at radius 1 is 0.933 bits per heavy atom. The zero-order valence-electron chi connectivity index (χ0n) is 16.2. The summed E-state index contributed by atoms with van der Waals surface area (Å²) in [7, 11) is 1.60. The summed E-state index contributed by atoms with van der Waals surface area (Å²) in [6.45, 7) is 2.00. The number of carbonyl (C=O) groups is 1. The highest BCUT2D eigenvalue weighted by Crippen LogP contribution is 2.30. The first-order valence-electron chi connectivity index (χ1n) is 9.09. The molecule has 0 fully saturated rings. The molecule has 0 unspecified atom stereocenters. The first-order valence-corrected chi connectivity index (χ1v) is 9.09. The van der Waals surface area contributed by atoms with Crippen LogP contribution in [0.15, 0.2) is 60.8 Å². The first-order chi connectivity index (χ1) is 14.4. The second kappa shape index (κ2) is 7.59. The maximum Gasteiger partial charge on any atom is 0.258 e. The van der Waals surface area contributed by atoms with E-state index in [9.17, 15) is 18.0 Å². The third kappa shape index (κ3) is 3.50. The summed E-state index contributed by atoms with van der Waals surface area (Å²) in [5, 5.41) is 2.49. The highest BCUT2D eigenvalue weighted by molar-refractivity contribution is 6.04. The fourth-order valence-corrected chi connectivity index (χ4v) is 3.38. The number of amides is 1. The van der Waals surface area contributed by atoms with Crippen LogP contribution in [0.3, 0.4) is 0 Å². The zero-order chi connectivity index (χ0) is 21.4. The molecule has 0 aliphatic carbocycles. The van der Waals surface area contributed by atoms with E-state index in [1.807, 2.05) is 41.8 Å². The molecule has 0 saturated carbocycles. The molecule has 0 aliphatic heterocycles. The van der Waals surface area contributed by atoms with Crippen molar-refractivity contribution in [2.45, 2.75) is 6.92 Å². The fourth-order valence-electron chi connectivity index (χ4n) is 3.38. The van der Waals surface area contributed by atoms with Crippen molar-refractivity contribution in [1.82, 2.24) is 4.40 Å². The summed E-state index contributed by atoms with van der Waals surface area (Å²) in [4.78, 5) is 12.3. The van der Waals surface area contributed by atoms with Gasteiger partial charge in [0.1, 0.15) is 11.6 Å². The summed E-state index contributed by atoms with van der Waals surface area (Å²) >= 11 is 0. The summed E-state index contributed by atoms with van der Waals surface area (Å²) in [6, 6.07) is 13.7. The van der Waals surface area contributed by atoms with Gasteiger partial charge in [-0.1, -0.05) is 12.1 Å². The number of pyridine rings is 1. The number of nitrogens with one attached hydrogen (secondary N) is 1. The lowest BCUT2D eigenvalue weighted by Gasteiger charge is -2.10. The van der Waals surface area contributed by atoms with Gasteiger partial charge in [-0.05, 0) is 54.4 Å². The number of halogens is 3. The van der Waals surface area contributed by atoms with Crippen LogP contribution >= 0.6 is 0 Å². The van der Waals surface area contributed by atoms with E-state index in [4.69, 9.17) is 4.74 Å². The molecule has 2 aromatic carbocycles. The minimum absolute atomic E-state index is 0.349. The summed E-state index contributed by atoms with van der Waals surface area (Å²) in [5.41, 5.74) is 3.76. The molecule has 1 N–H and O–H groups in total. The molecule has 2 heterocycles. The maximum absolute atomic E-state index is 13.8. The number of aryl methyl sites for hydroxylation is 1. The molecule has 0 radical (unpaired) electrons. The van der Waals surface area contributed by atoms with E-state index in [0.29, 0.717) is 17.8 Å². The van der Waals surface area contributed by atoms with Crippen LogP contribution in [0, 0.1) is 24.4 Å². The van der Waals surface area contributed by atoms with E-state index < -0.39 is 28.9 Å². The van der Waals surface area contributed by atoms with Gasteiger partial charge in [0, 0.05) is 17.3 Å². The van der Waals surface area contributed by atoms with Gasteiger partial charge in [0.15, 0.2) is 11.6 Å². The van der Waals surface area contributed by atoms with Gasteiger partial charge in [-0.15, -0.1) is 0 Å². The summed E-state index contributed by atoms with van der Waals surface area (Å²) in [5.74, 6) is -3.92. The van der Waals surface area contributed by atoms with Gasteiger partial charge in [0.2, 0.25) is 0 Å². The number of hydrogen-bond acceptors (Lipinski definition) is 2. The van der Waals surface area contributed by atoms with Crippen LogP contribution in [0.5, 0.6) is 5.75 Å². The highest BCUT2D eigenvalue weighted by Gasteiger charge is 2.17. The number of methoxy groups -OCH3 is 1. The van der Waals surface area contributed by atoms with Crippen molar-refractivity contribution >= 4 is 17.1 Å². The second-order valence-electron chi connectivity index (χ2n) is 6.82. The van der Waals surface area contributed by atoms with E-state index in [2.05, 4.69) is 11.4 Å². The number of nitrogens with zero attached hydrogens (tertiary/aromatic N) is 1. The molecule has 7 heteroatoms. The van der Waals surface area contributed by atoms with Gasteiger partial charge in [0.05, 0.1) is 24.6 Å². The second-order valence-corrected chi connectivity index (χ2v) is 6.82. The Labute approximate surface area is 170 Å². The van der Waals surface area contributed by atoms with E-state index in [-0.39, 0.29) is 0 Å². The summed E-state index contributed by atoms with van der Waals surface area (Å²) in [6.07, 6.45) is 1.89. The van der Waals surface area contributed by atoms with Crippen molar-refractivity contribution in [1.29, 1.82) is 0 Å². The average molecular weight is 410 g/mol. The lowest BCUT2D eigenvalue weighted by atomic mass is 10.1. The normalized spacial score (nSPS) is 11.0. The minimum Gasteiger partial charge on any atom is -0.495 e. The number of hydrogen-bond donors (Lipinski definition) is 1. The van der Waals surface area contributed by atoms with Gasteiger partial charge < -0.3 is 14.5 Å². The van der Waals surface area contributed by atoms with Crippen LogP contribution in [-0.2, 0) is 0 Å². The molecule has 4 rings (SSSR count). The Morgan fingerprint density at radius 3 is 2.33 bits per heavy atom. The monoisotopic (exact) mass is 410 g/mol. The molecule has 4 nitrogen and oxygen atoms in total. The molecule has 4 aromatic rings. The molecule has 0 spiro atoms. The van der Waals surface area contributed by atoms with Gasteiger partial charge in [-0.2, -0.15) is 0 Å². The van der Waals surface area contributed by atoms with Crippen LogP contribution in [-0.4, -0.2) is 17.4 Å². The quantitative estimate of drug-likeness (QED) is 0.446. The van der Waals surface area contributed by atoms with Crippen LogP contribution in [0.2, 0.25) is 0 Å². The molecular weight excluding hydrogens is 393 g/mol. The molecule has 152 valence electrons. The van der Waals surface area contributed by atoms with E-state index in [1.165, 1.54) is 0 Å². The molecule has 1 amide bonds. The SMILES string of the molecule is COc1ccc2cc(C)c(-c3ccc(NC(=O)c4cc(F)c(F)cc4F)cc3)n2c1. The Hall–Kier alpha value is -3.74. The topological polar surface area (TPSA) is 42.7 Å². The number of ether oxygens (including phenoxy) is 1. The van der Waals surface area contributed by atoms with Gasteiger partial charge >= 0.3 is 0 Å². The zero-order valence-corrected chi connectivity index (χ0v) is 16.2. The molecule has 0 atom stereocenters. The average Bonchev–Trinajstić information content (AvgIpc) is 3.06. The third-order valence-electron chi connectivity index (χ3n) is 4.84. The van der Waals surface area contributed by atoms with E-state index in [1.54, 1.807) is 19.2 Å². The smallest absolute Gasteiger partial charge is 0.258 e. The lowest BCUT2D eigenvalue weighted by molar-refractivity contribution is 0.102. The van der Waals surface area contributed by atoms with Crippen LogP contribution < -0.4 is 10.1 Å². The molecule has 30 heavy (non-hydrogen) atoms. The fraction of sp³-hybridized carbons (Fsp3) is 0.0870. The van der Waals surface area contributed by atoms with Crippen LogP contribution in [0.4, 0.5) is 18.9 Å². The van der Waals surface area contributed by atoms with E-state index in [0.717, 1.165) is 28.1 Å². The van der Waals surface area contributed by atoms with Crippen molar-refractivity contribution in [3.05, 3.63) is 89.4 Å². The summed E-state index contributed by atoms with van der Waals surface area (Å²) < 4.78 is 47.5.